The highest BCUT2D eigenvalue weighted by Gasteiger charge is 2.24. The van der Waals surface area contributed by atoms with Gasteiger partial charge in [-0.25, -0.2) is 13.8 Å². The fourth-order valence-corrected chi connectivity index (χ4v) is 2.37. The number of aromatic amines is 1. The van der Waals surface area contributed by atoms with Gasteiger partial charge < -0.3 is 4.98 Å². The maximum atomic E-state index is 13.1. The molecule has 0 unspecified atom stereocenters. The summed E-state index contributed by atoms with van der Waals surface area (Å²) in [6.45, 7) is 0. The molecular weight excluding hydrogens is 266 g/mol. The lowest BCUT2D eigenvalue weighted by Gasteiger charge is -2.05. The SMILES string of the molecule is Fc1cc(F)cc(Cc2nc(=S)cc(C3CC3)[nH]2)c1. The van der Waals surface area contributed by atoms with Crippen LogP contribution in [-0.4, -0.2) is 9.97 Å². The number of nitrogens with one attached hydrogen (secondary N) is 1. The van der Waals surface area contributed by atoms with Crippen molar-refractivity contribution >= 4 is 12.2 Å². The number of H-pyrrole nitrogens is 1. The van der Waals surface area contributed by atoms with Crippen molar-refractivity contribution in [2.24, 2.45) is 0 Å². The maximum Gasteiger partial charge on any atom is 0.130 e. The van der Waals surface area contributed by atoms with Gasteiger partial charge in [-0.3, -0.25) is 0 Å². The number of nitrogens with zero attached hydrogens (tertiary/aromatic N) is 1. The number of aromatic nitrogens is 2. The van der Waals surface area contributed by atoms with Crippen LogP contribution in [0, 0.1) is 16.3 Å². The topological polar surface area (TPSA) is 28.7 Å². The van der Waals surface area contributed by atoms with Gasteiger partial charge >= 0.3 is 0 Å². The maximum absolute atomic E-state index is 13.1. The summed E-state index contributed by atoms with van der Waals surface area (Å²) in [7, 11) is 0. The van der Waals surface area contributed by atoms with Crippen molar-refractivity contribution < 1.29 is 8.78 Å². The minimum atomic E-state index is -0.577. The van der Waals surface area contributed by atoms with Crippen LogP contribution in [0.2, 0.25) is 0 Å². The third-order valence-corrected chi connectivity index (χ3v) is 3.33. The van der Waals surface area contributed by atoms with Gasteiger partial charge in [0.2, 0.25) is 0 Å². The van der Waals surface area contributed by atoms with E-state index in [9.17, 15) is 8.78 Å². The van der Waals surface area contributed by atoms with E-state index in [2.05, 4.69) is 9.97 Å². The van der Waals surface area contributed by atoms with E-state index in [0.717, 1.165) is 24.6 Å². The lowest BCUT2D eigenvalue weighted by molar-refractivity contribution is 0.580. The Morgan fingerprint density at radius 3 is 2.47 bits per heavy atom. The number of rotatable bonds is 3. The molecule has 3 rings (SSSR count). The second-order valence-corrected chi connectivity index (χ2v) is 5.27. The first-order chi connectivity index (χ1) is 9.10. The molecular formula is C14H12F2N2S. The molecule has 1 fully saturated rings. The average molecular weight is 278 g/mol. The Balaban J connectivity index is 1.91. The van der Waals surface area contributed by atoms with Crippen LogP contribution in [0.5, 0.6) is 0 Å². The summed E-state index contributed by atoms with van der Waals surface area (Å²) in [4.78, 5) is 7.42. The van der Waals surface area contributed by atoms with Crippen LogP contribution in [-0.2, 0) is 6.42 Å². The van der Waals surface area contributed by atoms with E-state index in [4.69, 9.17) is 12.2 Å². The molecule has 2 aromatic rings. The van der Waals surface area contributed by atoms with E-state index in [-0.39, 0.29) is 0 Å². The Morgan fingerprint density at radius 1 is 1.16 bits per heavy atom. The van der Waals surface area contributed by atoms with E-state index < -0.39 is 11.6 Å². The summed E-state index contributed by atoms with van der Waals surface area (Å²) in [5, 5.41) is 0. The average Bonchev–Trinajstić information content (AvgIpc) is 3.09. The molecule has 1 N–H and O–H groups in total. The first kappa shape index (κ1) is 12.4. The van der Waals surface area contributed by atoms with E-state index in [1.54, 1.807) is 0 Å². The van der Waals surface area contributed by atoms with Crippen molar-refractivity contribution in [2.45, 2.75) is 25.2 Å². The Labute approximate surface area is 114 Å². The molecule has 1 heterocycles. The van der Waals surface area contributed by atoms with Crippen molar-refractivity contribution in [3.63, 3.8) is 0 Å². The van der Waals surface area contributed by atoms with Crippen LogP contribution in [0.25, 0.3) is 0 Å². The minimum Gasteiger partial charge on any atom is -0.347 e. The third kappa shape index (κ3) is 3.04. The van der Waals surface area contributed by atoms with Gasteiger partial charge in [0, 0.05) is 18.2 Å². The summed E-state index contributed by atoms with van der Waals surface area (Å²) in [5.41, 5.74) is 1.62. The van der Waals surface area contributed by atoms with E-state index in [0.29, 0.717) is 28.4 Å². The minimum absolute atomic E-state index is 0.346. The summed E-state index contributed by atoms with van der Waals surface area (Å²) in [6, 6.07) is 5.35. The molecule has 0 bridgehead atoms. The zero-order valence-corrected chi connectivity index (χ0v) is 10.9. The van der Waals surface area contributed by atoms with Crippen LogP contribution in [0.4, 0.5) is 8.78 Å². The second-order valence-electron chi connectivity index (χ2n) is 4.85. The zero-order chi connectivity index (χ0) is 13.4. The predicted molar refractivity (Wildman–Crippen MR) is 70.6 cm³/mol. The van der Waals surface area contributed by atoms with Gasteiger partial charge in [0.05, 0.1) is 0 Å². The van der Waals surface area contributed by atoms with Gasteiger partial charge in [-0.1, -0.05) is 12.2 Å². The van der Waals surface area contributed by atoms with Crippen LogP contribution < -0.4 is 0 Å². The first-order valence-corrected chi connectivity index (χ1v) is 6.56. The quantitative estimate of drug-likeness (QED) is 0.863. The summed E-state index contributed by atoms with van der Waals surface area (Å²) in [6.07, 6.45) is 2.66. The summed E-state index contributed by atoms with van der Waals surface area (Å²) >= 11 is 5.12. The number of halogens is 2. The van der Waals surface area contributed by atoms with Crippen molar-refractivity contribution in [1.82, 2.24) is 9.97 Å². The summed E-state index contributed by atoms with van der Waals surface area (Å²) in [5.74, 6) is 0.0333. The zero-order valence-electron chi connectivity index (χ0n) is 10.1. The first-order valence-electron chi connectivity index (χ1n) is 6.15. The molecule has 19 heavy (non-hydrogen) atoms. The van der Waals surface area contributed by atoms with Gasteiger partial charge in [-0.2, -0.15) is 0 Å². The van der Waals surface area contributed by atoms with Crippen LogP contribution in [0.1, 0.15) is 35.8 Å². The number of benzene rings is 1. The lowest BCUT2D eigenvalue weighted by atomic mass is 10.1. The summed E-state index contributed by atoms with van der Waals surface area (Å²) < 4.78 is 26.8. The van der Waals surface area contributed by atoms with Gasteiger partial charge in [-0.05, 0) is 42.5 Å². The van der Waals surface area contributed by atoms with Gasteiger partial charge in [0.1, 0.15) is 22.1 Å². The Kier molecular flexibility index (Phi) is 3.14. The predicted octanol–water partition coefficient (Wildman–Crippen LogP) is 3.89. The van der Waals surface area contributed by atoms with Gasteiger partial charge in [-0.15, -0.1) is 0 Å². The lowest BCUT2D eigenvalue weighted by Crippen LogP contribution is -2.01. The molecule has 0 saturated heterocycles. The molecule has 0 aliphatic heterocycles. The normalized spacial score (nSPS) is 14.6. The Bertz CT molecular complexity index is 657. The van der Waals surface area contributed by atoms with Crippen LogP contribution in [0.15, 0.2) is 24.3 Å². The fourth-order valence-electron chi connectivity index (χ4n) is 2.13. The molecule has 0 atom stereocenters. The molecule has 0 radical (unpaired) electrons. The monoisotopic (exact) mass is 278 g/mol. The molecule has 0 spiro atoms. The van der Waals surface area contributed by atoms with Crippen LogP contribution >= 0.6 is 12.2 Å². The largest absolute Gasteiger partial charge is 0.347 e. The molecule has 1 aliphatic rings. The second kappa shape index (κ2) is 4.81. The number of hydrogen-bond donors (Lipinski definition) is 1. The molecule has 1 saturated carbocycles. The molecule has 0 amide bonds. The van der Waals surface area contributed by atoms with Crippen molar-refractivity contribution in [3.05, 3.63) is 57.6 Å². The molecule has 5 heteroatoms. The smallest absolute Gasteiger partial charge is 0.130 e. The Hall–Kier alpha value is -1.62. The number of hydrogen-bond acceptors (Lipinski definition) is 2. The standard InChI is InChI=1S/C14H12F2N2S/c15-10-3-8(4-11(16)6-10)5-13-17-12(9-1-2-9)7-14(19)18-13/h3-4,6-7,9H,1-2,5H2,(H,17,18,19). The van der Waals surface area contributed by atoms with E-state index in [1.165, 1.54) is 12.1 Å². The molecule has 2 nitrogen and oxygen atoms in total. The molecule has 1 aromatic heterocycles. The van der Waals surface area contributed by atoms with Crippen molar-refractivity contribution in [3.8, 4) is 0 Å². The van der Waals surface area contributed by atoms with E-state index in [1.807, 2.05) is 6.07 Å². The van der Waals surface area contributed by atoms with Crippen molar-refractivity contribution in [2.75, 3.05) is 0 Å². The molecule has 1 aromatic carbocycles. The molecule has 98 valence electrons. The Morgan fingerprint density at radius 2 is 1.84 bits per heavy atom. The fraction of sp³-hybridized carbons (Fsp3) is 0.286. The van der Waals surface area contributed by atoms with Crippen molar-refractivity contribution in [1.29, 1.82) is 0 Å². The molecule has 1 aliphatic carbocycles. The van der Waals surface area contributed by atoms with Gasteiger partial charge in [0.25, 0.3) is 0 Å². The highest BCUT2D eigenvalue weighted by atomic mass is 32.1. The third-order valence-electron chi connectivity index (χ3n) is 3.12. The highest BCUT2D eigenvalue weighted by molar-refractivity contribution is 7.71. The highest BCUT2D eigenvalue weighted by Crippen LogP contribution is 2.38. The van der Waals surface area contributed by atoms with Crippen LogP contribution in [0.3, 0.4) is 0 Å². The van der Waals surface area contributed by atoms with E-state index >= 15 is 0 Å². The van der Waals surface area contributed by atoms with Gasteiger partial charge in [0.15, 0.2) is 0 Å².